The van der Waals surface area contributed by atoms with Gasteiger partial charge in [0, 0.05) is 19.4 Å². The van der Waals surface area contributed by atoms with E-state index in [1.165, 1.54) is 11.8 Å². The summed E-state index contributed by atoms with van der Waals surface area (Å²) in [4.78, 5) is 24.3. The third-order valence-electron chi connectivity index (χ3n) is 3.43. The zero-order valence-corrected chi connectivity index (χ0v) is 11.8. The van der Waals surface area contributed by atoms with Crippen molar-refractivity contribution in [3.63, 3.8) is 0 Å². The molecule has 6 heteroatoms. The van der Waals surface area contributed by atoms with Crippen LogP contribution in [-0.2, 0) is 9.59 Å². The molecule has 0 unspecified atom stereocenters. The topological polar surface area (TPSA) is 57.6 Å². The first kappa shape index (κ1) is 14.2. The van der Waals surface area contributed by atoms with Gasteiger partial charge in [-0.25, -0.2) is 4.79 Å². The predicted octanol–water partition coefficient (Wildman–Crippen LogP) is 2.78. The normalized spacial score (nSPS) is 22.6. The summed E-state index contributed by atoms with van der Waals surface area (Å²) in [5.74, 6) is -1.48. The maximum absolute atomic E-state index is 11.5. The molecule has 1 heterocycles. The number of carboxylic acid groups (broad SMARTS) is 1. The van der Waals surface area contributed by atoms with Crippen LogP contribution >= 0.6 is 23.2 Å². The van der Waals surface area contributed by atoms with Crippen molar-refractivity contribution in [2.45, 2.75) is 25.3 Å². The van der Waals surface area contributed by atoms with Crippen LogP contribution in [0.4, 0.5) is 0 Å². The molecule has 2 rings (SSSR count). The molecule has 2 atom stereocenters. The summed E-state index contributed by atoms with van der Waals surface area (Å²) in [6, 6.07) is 4.25. The third kappa shape index (κ3) is 2.69. The highest BCUT2D eigenvalue weighted by Gasteiger charge is 2.41. The second-order valence-electron chi connectivity index (χ2n) is 4.56. The van der Waals surface area contributed by atoms with E-state index in [-0.39, 0.29) is 11.8 Å². The summed E-state index contributed by atoms with van der Waals surface area (Å²) in [6.07, 6.45) is 0.606. The largest absolute Gasteiger partial charge is 0.480 e. The third-order valence-corrected chi connectivity index (χ3v) is 4.17. The molecule has 1 saturated heterocycles. The van der Waals surface area contributed by atoms with Gasteiger partial charge in [0.05, 0.1) is 10.0 Å². The van der Waals surface area contributed by atoms with Crippen LogP contribution in [0.3, 0.4) is 0 Å². The van der Waals surface area contributed by atoms with Gasteiger partial charge in [0.25, 0.3) is 0 Å². The minimum atomic E-state index is -0.997. The van der Waals surface area contributed by atoms with Crippen molar-refractivity contribution >= 4 is 35.1 Å². The van der Waals surface area contributed by atoms with Gasteiger partial charge in [0.1, 0.15) is 6.04 Å². The molecular formula is C13H13Cl2NO3. The minimum Gasteiger partial charge on any atom is -0.480 e. The number of hydrogen-bond donors (Lipinski definition) is 1. The van der Waals surface area contributed by atoms with Crippen molar-refractivity contribution in [1.82, 2.24) is 4.90 Å². The molecule has 1 aromatic rings. The maximum Gasteiger partial charge on any atom is 0.327 e. The van der Waals surface area contributed by atoms with E-state index in [1.54, 1.807) is 18.2 Å². The fourth-order valence-electron chi connectivity index (χ4n) is 2.54. The molecule has 102 valence electrons. The molecule has 19 heavy (non-hydrogen) atoms. The van der Waals surface area contributed by atoms with Crippen molar-refractivity contribution in [1.29, 1.82) is 0 Å². The van der Waals surface area contributed by atoms with Crippen LogP contribution in [0.5, 0.6) is 0 Å². The van der Waals surface area contributed by atoms with E-state index >= 15 is 0 Å². The van der Waals surface area contributed by atoms with Crippen LogP contribution in [-0.4, -0.2) is 34.5 Å². The fraction of sp³-hybridized carbons (Fsp3) is 0.385. The Hall–Kier alpha value is -1.26. The minimum absolute atomic E-state index is 0.227. The number of hydrogen-bond acceptors (Lipinski definition) is 2. The molecule has 1 aliphatic rings. The summed E-state index contributed by atoms with van der Waals surface area (Å²) in [6.45, 7) is 1.82. The Morgan fingerprint density at radius 3 is 2.53 bits per heavy atom. The fourth-order valence-corrected chi connectivity index (χ4v) is 2.85. The van der Waals surface area contributed by atoms with Crippen LogP contribution < -0.4 is 0 Å². The molecular weight excluding hydrogens is 289 g/mol. The Balaban J connectivity index is 2.35. The van der Waals surface area contributed by atoms with E-state index in [4.69, 9.17) is 23.2 Å². The average Bonchev–Trinajstić information content (AvgIpc) is 2.77. The number of likely N-dealkylation sites (tertiary alicyclic amines) is 1. The van der Waals surface area contributed by atoms with Crippen molar-refractivity contribution in [2.75, 3.05) is 6.54 Å². The van der Waals surface area contributed by atoms with Gasteiger partial charge in [-0.15, -0.1) is 0 Å². The van der Waals surface area contributed by atoms with Crippen LogP contribution in [0.15, 0.2) is 18.2 Å². The van der Waals surface area contributed by atoms with Crippen LogP contribution in [0.2, 0.25) is 10.0 Å². The van der Waals surface area contributed by atoms with Crippen molar-refractivity contribution < 1.29 is 14.7 Å². The molecule has 0 bridgehead atoms. The number of aliphatic carboxylic acids is 1. The summed E-state index contributed by atoms with van der Waals surface area (Å²) in [7, 11) is 0. The van der Waals surface area contributed by atoms with E-state index < -0.39 is 12.0 Å². The van der Waals surface area contributed by atoms with Gasteiger partial charge in [0.2, 0.25) is 5.91 Å². The Labute approximate surface area is 120 Å². The number of benzene rings is 1. The van der Waals surface area contributed by atoms with Gasteiger partial charge in [0.15, 0.2) is 0 Å². The average molecular weight is 302 g/mol. The highest BCUT2D eigenvalue weighted by molar-refractivity contribution is 6.42. The number of halogens is 2. The molecule has 0 saturated carbocycles. The molecule has 1 amide bonds. The van der Waals surface area contributed by atoms with Gasteiger partial charge in [-0.1, -0.05) is 29.3 Å². The number of amides is 1. The molecule has 0 spiro atoms. The first-order chi connectivity index (χ1) is 8.91. The zero-order chi connectivity index (χ0) is 14.2. The lowest BCUT2D eigenvalue weighted by Crippen LogP contribution is -2.41. The summed E-state index contributed by atoms with van der Waals surface area (Å²) in [5.41, 5.74) is 0.797. The second kappa shape index (κ2) is 5.39. The molecule has 1 aromatic carbocycles. The Kier molecular flexibility index (Phi) is 4.02. The summed E-state index contributed by atoms with van der Waals surface area (Å²) >= 11 is 11.8. The smallest absolute Gasteiger partial charge is 0.327 e. The van der Waals surface area contributed by atoms with Gasteiger partial charge >= 0.3 is 5.97 Å². The monoisotopic (exact) mass is 301 g/mol. The van der Waals surface area contributed by atoms with E-state index in [9.17, 15) is 14.7 Å². The SMILES string of the molecule is CC(=O)N1CC[C@H](c2ccc(Cl)c(Cl)c2)[C@@H]1C(=O)O. The van der Waals surface area contributed by atoms with E-state index in [1.807, 2.05) is 0 Å². The van der Waals surface area contributed by atoms with Gasteiger partial charge in [-0.3, -0.25) is 4.79 Å². The standard InChI is InChI=1S/C13H13Cl2NO3/c1-7(17)16-5-4-9(12(16)13(18)19)8-2-3-10(14)11(15)6-8/h2-3,6,9,12H,4-5H2,1H3,(H,18,19)/t9-,12-/m1/s1. The van der Waals surface area contributed by atoms with Crippen molar-refractivity contribution in [2.24, 2.45) is 0 Å². The van der Waals surface area contributed by atoms with Gasteiger partial charge in [-0.2, -0.15) is 0 Å². The van der Waals surface area contributed by atoms with Crippen molar-refractivity contribution in [3.05, 3.63) is 33.8 Å². The Morgan fingerprint density at radius 1 is 1.32 bits per heavy atom. The Bertz CT molecular complexity index is 533. The lowest BCUT2D eigenvalue weighted by Gasteiger charge is -2.23. The number of carboxylic acids is 1. The molecule has 0 aromatic heterocycles. The van der Waals surface area contributed by atoms with Crippen LogP contribution in [0.1, 0.15) is 24.8 Å². The van der Waals surface area contributed by atoms with Gasteiger partial charge in [-0.05, 0) is 24.1 Å². The second-order valence-corrected chi connectivity index (χ2v) is 5.38. The van der Waals surface area contributed by atoms with Crippen LogP contribution in [0, 0.1) is 0 Å². The molecule has 0 aliphatic carbocycles. The maximum atomic E-state index is 11.5. The van der Waals surface area contributed by atoms with Crippen LogP contribution in [0.25, 0.3) is 0 Å². The molecule has 0 radical (unpaired) electrons. The Morgan fingerprint density at radius 2 is 2.00 bits per heavy atom. The van der Waals surface area contributed by atoms with Crippen molar-refractivity contribution in [3.8, 4) is 0 Å². The lowest BCUT2D eigenvalue weighted by atomic mass is 9.92. The number of carbonyl (C=O) groups is 2. The lowest BCUT2D eigenvalue weighted by molar-refractivity contribution is -0.147. The molecule has 1 fully saturated rings. The number of carbonyl (C=O) groups excluding carboxylic acids is 1. The quantitative estimate of drug-likeness (QED) is 0.914. The highest BCUT2D eigenvalue weighted by atomic mass is 35.5. The van der Waals surface area contributed by atoms with E-state index in [2.05, 4.69) is 0 Å². The van der Waals surface area contributed by atoms with E-state index in [0.29, 0.717) is 23.0 Å². The summed E-state index contributed by atoms with van der Waals surface area (Å²) in [5, 5.41) is 10.2. The highest BCUT2D eigenvalue weighted by Crippen LogP contribution is 2.36. The predicted molar refractivity (Wildman–Crippen MR) is 72.6 cm³/mol. The molecule has 4 nitrogen and oxygen atoms in total. The molecule has 1 aliphatic heterocycles. The van der Waals surface area contributed by atoms with Gasteiger partial charge < -0.3 is 10.0 Å². The summed E-state index contributed by atoms with van der Waals surface area (Å²) < 4.78 is 0. The first-order valence-corrected chi connectivity index (χ1v) is 6.62. The zero-order valence-electron chi connectivity index (χ0n) is 10.3. The number of nitrogens with zero attached hydrogens (tertiary/aromatic N) is 1. The first-order valence-electron chi connectivity index (χ1n) is 5.86. The molecule has 1 N–H and O–H groups in total. The number of rotatable bonds is 2. The van der Waals surface area contributed by atoms with E-state index in [0.717, 1.165) is 5.56 Å².